The number of carbonyl (C=O) groups is 2. The van der Waals surface area contributed by atoms with E-state index in [0.717, 1.165) is 31.8 Å². The Labute approximate surface area is 95.9 Å². The van der Waals surface area contributed by atoms with Crippen LogP contribution in [0.4, 0.5) is 0 Å². The number of nitrogens with one attached hydrogen (secondary N) is 2. The third kappa shape index (κ3) is 4.44. The largest absolute Gasteiger partial charge is 0.343 e. The number of nitrogens with zero attached hydrogens (tertiary/aromatic N) is 1. The quantitative estimate of drug-likeness (QED) is 0.637. The monoisotopic (exact) mass is 225 g/mol. The average molecular weight is 225 g/mol. The Morgan fingerprint density at radius 3 is 2.50 bits per heavy atom. The first-order chi connectivity index (χ1) is 7.59. The van der Waals surface area contributed by atoms with Gasteiger partial charge in [-0.15, -0.1) is 0 Å². The summed E-state index contributed by atoms with van der Waals surface area (Å²) in [6.07, 6.45) is 1.49. The van der Waals surface area contributed by atoms with Gasteiger partial charge < -0.3 is 15.5 Å². The van der Waals surface area contributed by atoms with Crippen LogP contribution in [0.25, 0.3) is 0 Å². The van der Waals surface area contributed by atoms with Crippen LogP contribution in [0.15, 0.2) is 11.6 Å². The molecule has 1 heterocycles. The zero-order valence-electron chi connectivity index (χ0n) is 9.88. The minimum atomic E-state index is -0.205. The van der Waals surface area contributed by atoms with E-state index in [9.17, 15) is 9.59 Å². The van der Waals surface area contributed by atoms with Crippen molar-refractivity contribution in [3.63, 3.8) is 0 Å². The van der Waals surface area contributed by atoms with E-state index in [2.05, 4.69) is 10.6 Å². The first kappa shape index (κ1) is 12.7. The lowest BCUT2D eigenvalue weighted by atomic mass is 10.3. The van der Waals surface area contributed by atoms with Crippen LogP contribution in [0.1, 0.15) is 13.8 Å². The summed E-state index contributed by atoms with van der Waals surface area (Å²) in [6, 6.07) is 0. The number of piperazine rings is 1. The second-order valence-corrected chi connectivity index (χ2v) is 4.07. The molecule has 1 saturated heterocycles. The van der Waals surface area contributed by atoms with Gasteiger partial charge in [0.05, 0.1) is 6.54 Å². The van der Waals surface area contributed by atoms with Crippen molar-refractivity contribution in [2.24, 2.45) is 0 Å². The molecule has 0 spiro atoms. The van der Waals surface area contributed by atoms with Gasteiger partial charge in [-0.3, -0.25) is 9.59 Å². The van der Waals surface area contributed by atoms with E-state index < -0.39 is 0 Å². The summed E-state index contributed by atoms with van der Waals surface area (Å²) in [6.45, 7) is 6.87. The van der Waals surface area contributed by atoms with Crippen LogP contribution in [0.2, 0.25) is 0 Å². The summed E-state index contributed by atoms with van der Waals surface area (Å²) in [4.78, 5) is 24.7. The lowest BCUT2D eigenvalue weighted by molar-refractivity contribution is -0.132. The molecule has 0 atom stereocenters. The maximum Gasteiger partial charge on any atom is 0.244 e. The minimum absolute atomic E-state index is 0.0167. The number of carbonyl (C=O) groups excluding carboxylic acids is 2. The summed E-state index contributed by atoms with van der Waals surface area (Å²) in [7, 11) is 0. The fourth-order valence-corrected chi connectivity index (χ4v) is 1.50. The Kier molecular flexibility index (Phi) is 4.98. The molecule has 5 nitrogen and oxygen atoms in total. The van der Waals surface area contributed by atoms with Crippen molar-refractivity contribution in [1.29, 1.82) is 0 Å². The van der Waals surface area contributed by atoms with Crippen LogP contribution >= 0.6 is 0 Å². The van der Waals surface area contributed by atoms with E-state index in [1.807, 2.05) is 13.8 Å². The van der Waals surface area contributed by atoms with Crippen LogP contribution < -0.4 is 10.6 Å². The van der Waals surface area contributed by atoms with Crippen LogP contribution in [0, 0.1) is 0 Å². The molecular formula is C11H19N3O2. The maximum atomic E-state index is 11.7. The van der Waals surface area contributed by atoms with Crippen molar-refractivity contribution < 1.29 is 9.59 Å². The van der Waals surface area contributed by atoms with Crippen molar-refractivity contribution in [3.05, 3.63) is 11.6 Å². The van der Waals surface area contributed by atoms with Crippen molar-refractivity contribution in [2.75, 3.05) is 32.7 Å². The summed E-state index contributed by atoms with van der Waals surface area (Å²) in [5, 5.41) is 5.75. The molecule has 0 aliphatic carbocycles. The SMILES string of the molecule is CC(C)=CC(=O)NCC(=O)N1CCNCC1. The van der Waals surface area contributed by atoms with Gasteiger partial charge in [-0.2, -0.15) is 0 Å². The summed E-state index contributed by atoms with van der Waals surface area (Å²) in [5.41, 5.74) is 0.923. The summed E-state index contributed by atoms with van der Waals surface area (Å²) >= 11 is 0. The number of amides is 2. The lowest BCUT2D eigenvalue weighted by Crippen LogP contribution is -2.49. The minimum Gasteiger partial charge on any atom is -0.343 e. The van der Waals surface area contributed by atoms with Gasteiger partial charge in [0.1, 0.15) is 0 Å². The van der Waals surface area contributed by atoms with Crippen LogP contribution in [0.5, 0.6) is 0 Å². The highest BCUT2D eigenvalue weighted by molar-refractivity contribution is 5.91. The Morgan fingerprint density at radius 2 is 1.94 bits per heavy atom. The van der Waals surface area contributed by atoms with Gasteiger partial charge in [0.2, 0.25) is 11.8 Å². The van der Waals surface area contributed by atoms with Gasteiger partial charge in [-0.1, -0.05) is 5.57 Å². The molecule has 5 heteroatoms. The molecule has 1 aliphatic heterocycles. The second kappa shape index (κ2) is 6.27. The molecule has 1 fully saturated rings. The van der Waals surface area contributed by atoms with Gasteiger partial charge in [0, 0.05) is 32.3 Å². The molecule has 0 unspecified atom stereocenters. The second-order valence-electron chi connectivity index (χ2n) is 4.07. The van der Waals surface area contributed by atoms with Crippen molar-refractivity contribution in [2.45, 2.75) is 13.8 Å². The third-order valence-electron chi connectivity index (χ3n) is 2.30. The predicted molar refractivity (Wildman–Crippen MR) is 61.9 cm³/mol. The molecule has 0 aromatic rings. The van der Waals surface area contributed by atoms with Gasteiger partial charge >= 0.3 is 0 Å². The van der Waals surface area contributed by atoms with E-state index in [0.29, 0.717) is 0 Å². The molecule has 1 aliphatic rings. The van der Waals surface area contributed by atoms with Gasteiger partial charge in [-0.25, -0.2) is 0 Å². The Hall–Kier alpha value is -1.36. The topological polar surface area (TPSA) is 61.4 Å². The molecule has 16 heavy (non-hydrogen) atoms. The molecule has 0 saturated carbocycles. The Balaban J connectivity index is 2.29. The lowest BCUT2D eigenvalue weighted by Gasteiger charge is -2.27. The first-order valence-electron chi connectivity index (χ1n) is 5.51. The first-order valence-corrected chi connectivity index (χ1v) is 5.51. The molecule has 90 valence electrons. The molecular weight excluding hydrogens is 206 g/mol. The molecule has 0 aromatic carbocycles. The van der Waals surface area contributed by atoms with Crippen LogP contribution in [-0.4, -0.2) is 49.4 Å². The Morgan fingerprint density at radius 1 is 1.31 bits per heavy atom. The molecule has 1 rings (SSSR count). The zero-order chi connectivity index (χ0) is 12.0. The van der Waals surface area contributed by atoms with Gasteiger partial charge in [0.25, 0.3) is 0 Å². The molecule has 0 aromatic heterocycles. The summed E-state index contributed by atoms with van der Waals surface area (Å²) in [5.74, 6) is -0.222. The Bertz CT molecular complexity index is 290. The van der Waals surface area contributed by atoms with E-state index in [1.165, 1.54) is 6.08 Å². The highest BCUT2D eigenvalue weighted by atomic mass is 16.2. The smallest absolute Gasteiger partial charge is 0.244 e. The standard InChI is InChI=1S/C11H19N3O2/c1-9(2)7-10(15)13-8-11(16)14-5-3-12-4-6-14/h7,12H,3-6,8H2,1-2H3,(H,13,15). The van der Waals surface area contributed by atoms with Crippen molar-refractivity contribution >= 4 is 11.8 Å². The highest BCUT2D eigenvalue weighted by Gasteiger charge is 2.15. The zero-order valence-corrected chi connectivity index (χ0v) is 9.88. The number of hydrogen-bond donors (Lipinski definition) is 2. The van der Waals surface area contributed by atoms with Crippen LogP contribution in [0.3, 0.4) is 0 Å². The fourth-order valence-electron chi connectivity index (χ4n) is 1.50. The number of rotatable bonds is 3. The highest BCUT2D eigenvalue weighted by Crippen LogP contribution is 1.93. The summed E-state index contributed by atoms with van der Waals surface area (Å²) < 4.78 is 0. The molecule has 0 bridgehead atoms. The molecule has 2 N–H and O–H groups in total. The van der Waals surface area contributed by atoms with E-state index in [4.69, 9.17) is 0 Å². The van der Waals surface area contributed by atoms with E-state index in [1.54, 1.807) is 4.90 Å². The fraction of sp³-hybridized carbons (Fsp3) is 0.636. The van der Waals surface area contributed by atoms with Gasteiger partial charge in [0.15, 0.2) is 0 Å². The van der Waals surface area contributed by atoms with Crippen molar-refractivity contribution in [1.82, 2.24) is 15.5 Å². The van der Waals surface area contributed by atoms with E-state index in [-0.39, 0.29) is 18.4 Å². The van der Waals surface area contributed by atoms with Crippen LogP contribution in [-0.2, 0) is 9.59 Å². The third-order valence-corrected chi connectivity index (χ3v) is 2.30. The average Bonchev–Trinajstić information content (AvgIpc) is 2.26. The molecule has 2 amide bonds. The van der Waals surface area contributed by atoms with Gasteiger partial charge in [-0.05, 0) is 13.8 Å². The normalized spacial score (nSPS) is 15.5. The maximum absolute atomic E-state index is 11.7. The van der Waals surface area contributed by atoms with E-state index >= 15 is 0 Å². The number of allylic oxidation sites excluding steroid dienone is 1. The molecule has 0 radical (unpaired) electrons. The predicted octanol–water partition coefficient (Wildman–Crippen LogP) is -0.499. The van der Waals surface area contributed by atoms with Crippen molar-refractivity contribution in [3.8, 4) is 0 Å². The number of hydrogen-bond acceptors (Lipinski definition) is 3.